The van der Waals surface area contributed by atoms with Crippen molar-refractivity contribution in [1.82, 2.24) is 14.3 Å². The van der Waals surface area contributed by atoms with E-state index in [9.17, 15) is 22.7 Å². The fourth-order valence-corrected chi connectivity index (χ4v) is 3.96. The minimum Gasteiger partial charge on any atom is -0.464 e. The van der Waals surface area contributed by atoms with Gasteiger partial charge in [0.2, 0.25) is 16.0 Å². The fourth-order valence-electron chi connectivity index (χ4n) is 3.27. The Hall–Kier alpha value is -3.32. The highest BCUT2D eigenvalue weighted by Crippen LogP contribution is 2.25. The molecule has 3 rings (SSSR count). The molecule has 11 nitrogen and oxygen atoms in total. The Morgan fingerprint density at radius 3 is 2.52 bits per heavy atom. The lowest BCUT2D eigenvalue weighted by Crippen LogP contribution is -2.37. The lowest BCUT2D eigenvalue weighted by atomic mass is 10.1. The molecule has 0 radical (unpaired) electrons. The van der Waals surface area contributed by atoms with Gasteiger partial charge in [0.15, 0.2) is 0 Å². The molecule has 1 aliphatic heterocycles. The number of carbonyl (C=O) groups is 1. The number of rotatable bonds is 8. The number of carboxylic acid groups (broad SMARTS) is 1. The van der Waals surface area contributed by atoms with Crippen molar-refractivity contribution in [2.45, 2.75) is 19.4 Å². The Kier molecular flexibility index (Phi) is 7.76. The second-order valence-electron chi connectivity index (χ2n) is 7.30. The lowest BCUT2D eigenvalue weighted by Gasteiger charge is -2.27. The van der Waals surface area contributed by atoms with Gasteiger partial charge in [-0.15, -0.1) is 0 Å². The average molecular weight is 482 g/mol. The number of piperidine rings is 1. The van der Waals surface area contributed by atoms with Crippen LogP contribution in [0.1, 0.15) is 18.4 Å². The molecular formula is C20H24FN5O6S. The number of nitrogens with zero attached hydrogens (tertiary/aromatic N) is 5. The van der Waals surface area contributed by atoms with Crippen molar-refractivity contribution in [2.24, 2.45) is 5.16 Å². The number of sulfonamides is 1. The van der Waals surface area contributed by atoms with Crippen LogP contribution < -0.4 is 4.90 Å². The van der Waals surface area contributed by atoms with Crippen LogP contribution in [-0.4, -0.2) is 77.2 Å². The number of hydrogen-bond acceptors (Lipinski definition) is 9. The van der Waals surface area contributed by atoms with Crippen molar-refractivity contribution in [3.8, 4) is 11.1 Å². The van der Waals surface area contributed by atoms with Gasteiger partial charge in [0, 0.05) is 55.0 Å². The zero-order valence-corrected chi connectivity index (χ0v) is 18.7. The molecule has 2 N–H and O–H groups in total. The van der Waals surface area contributed by atoms with Gasteiger partial charge in [-0.2, -0.15) is 0 Å². The Labute approximate surface area is 190 Å². The summed E-state index contributed by atoms with van der Waals surface area (Å²) in [5, 5.41) is 22.1. The molecule has 0 atom stereocenters. The second kappa shape index (κ2) is 10.5. The monoisotopic (exact) mass is 481 g/mol. The number of aliphatic hydroxyl groups is 1. The second-order valence-corrected chi connectivity index (χ2v) is 9.21. The summed E-state index contributed by atoms with van der Waals surface area (Å²) in [6.45, 7) is 0.209. The topological polar surface area (TPSA) is 146 Å². The van der Waals surface area contributed by atoms with Gasteiger partial charge in [-0.05, 0) is 0 Å². The molecule has 1 amide bonds. The molecule has 1 saturated heterocycles. The third-order valence-electron chi connectivity index (χ3n) is 5.01. The molecule has 2 aromatic rings. The molecule has 13 heteroatoms. The van der Waals surface area contributed by atoms with Crippen LogP contribution in [0.4, 0.5) is 15.1 Å². The fraction of sp³-hybridized carbons (Fsp3) is 0.400. The van der Waals surface area contributed by atoms with Gasteiger partial charge in [0.25, 0.3) is 0 Å². The van der Waals surface area contributed by atoms with Crippen LogP contribution >= 0.6 is 0 Å². The predicted octanol–water partition coefficient (Wildman–Crippen LogP) is 1.69. The summed E-state index contributed by atoms with van der Waals surface area (Å²) in [6.07, 6.45) is 3.42. The van der Waals surface area contributed by atoms with Gasteiger partial charge in [0.1, 0.15) is 12.4 Å². The summed E-state index contributed by atoms with van der Waals surface area (Å²) in [5.74, 6) is -0.0131. The average Bonchev–Trinajstić information content (AvgIpc) is 2.78. The summed E-state index contributed by atoms with van der Waals surface area (Å²) in [5.41, 5.74) is 1.78. The summed E-state index contributed by atoms with van der Waals surface area (Å²) in [4.78, 5) is 26.7. The maximum absolute atomic E-state index is 14.4. The molecule has 1 aromatic carbocycles. The first-order chi connectivity index (χ1) is 15.7. The van der Waals surface area contributed by atoms with Crippen molar-refractivity contribution in [2.75, 3.05) is 37.4 Å². The first kappa shape index (κ1) is 24.3. The highest BCUT2D eigenvalue weighted by atomic mass is 32.2. The Morgan fingerprint density at radius 2 is 1.94 bits per heavy atom. The van der Waals surface area contributed by atoms with E-state index in [-0.39, 0.29) is 18.7 Å². The molecule has 0 unspecified atom stereocenters. The molecule has 1 fully saturated rings. The number of aromatic nitrogens is 2. The van der Waals surface area contributed by atoms with Gasteiger partial charge in [-0.3, -0.25) is 0 Å². The molecule has 1 aromatic heterocycles. The van der Waals surface area contributed by atoms with Crippen LogP contribution in [0.3, 0.4) is 0 Å². The van der Waals surface area contributed by atoms with Gasteiger partial charge in [-0.1, -0.05) is 23.4 Å². The van der Waals surface area contributed by atoms with Crippen LogP contribution in [0.2, 0.25) is 0 Å². The van der Waals surface area contributed by atoms with E-state index in [1.165, 1.54) is 18.5 Å². The molecule has 0 saturated carbocycles. The third-order valence-corrected chi connectivity index (χ3v) is 6.15. The normalized spacial score (nSPS) is 14.2. The van der Waals surface area contributed by atoms with E-state index >= 15 is 0 Å². The number of anilines is 1. The van der Waals surface area contributed by atoms with Gasteiger partial charge in [0.05, 0.1) is 25.1 Å². The number of hydrogen-bond donors (Lipinski definition) is 2. The zero-order chi connectivity index (χ0) is 24.0. The largest absolute Gasteiger partial charge is 0.464 e. The molecule has 33 heavy (non-hydrogen) atoms. The molecular weight excluding hydrogens is 457 g/mol. The summed E-state index contributed by atoms with van der Waals surface area (Å²) in [6, 6.07) is 4.77. The highest BCUT2D eigenvalue weighted by molar-refractivity contribution is 7.88. The first-order valence-corrected chi connectivity index (χ1v) is 11.9. The minimum atomic E-state index is -3.88. The number of halogens is 1. The van der Waals surface area contributed by atoms with Gasteiger partial charge < -0.3 is 20.0 Å². The summed E-state index contributed by atoms with van der Waals surface area (Å²) < 4.78 is 37.5. The minimum absolute atomic E-state index is 0.189. The third kappa shape index (κ3) is 6.14. The highest BCUT2D eigenvalue weighted by Gasteiger charge is 2.22. The Morgan fingerprint density at radius 1 is 1.27 bits per heavy atom. The van der Waals surface area contributed by atoms with Crippen LogP contribution in [0.15, 0.2) is 35.7 Å². The van der Waals surface area contributed by atoms with Crippen molar-refractivity contribution < 1.29 is 32.7 Å². The molecule has 0 spiro atoms. The van der Waals surface area contributed by atoms with Crippen LogP contribution in [-0.2, 0) is 21.5 Å². The van der Waals surface area contributed by atoms with E-state index in [4.69, 9.17) is 9.94 Å². The van der Waals surface area contributed by atoms with Crippen LogP contribution in [0, 0.1) is 5.82 Å². The number of aliphatic hydroxyl groups excluding tert-OH is 1. The van der Waals surface area contributed by atoms with E-state index in [1.807, 2.05) is 4.90 Å². The van der Waals surface area contributed by atoms with Gasteiger partial charge >= 0.3 is 6.09 Å². The van der Waals surface area contributed by atoms with E-state index in [0.717, 1.165) is 12.0 Å². The van der Waals surface area contributed by atoms with Gasteiger partial charge in [-0.25, -0.2) is 31.9 Å². The van der Waals surface area contributed by atoms with Crippen molar-refractivity contribution >= 4 is 27.8 Å². The maximum Gasteiger partial charge on any atom is 0.421 e. The molecule has 0 aliphatic carbocycles. The molecule has 1 aliphatic rings. The van der Waals surface area contributed by atoms with Crippen molar-refractivity contribution in [1.29, 1.82) is 0 Å². The van der Waals surface area contributed by atoms with Crippen LogP contribution in [0.25, 0.3) is 11.1 Å². The predicted molar refractivity (Wildman–Crippen MR) is 118 cm³/mol. The van der Waals surface area contributed by atoms with E-state index in [0.29, 0.717) is 47.3 Å². The summed E-state index contributed by atoms with van der Waals surface area (Å²) >= 11 is 0. The standard InChI is InChI=1S/C20H24FN5O6S/c1-33(30,31)26(20(28)29)9-10-32-24-16-5-7-25(8-6-16)19-22-11-15(12-23-19)17-4-2-3-14(13-27)18(17)21/h2-4,11-12,27H,5-10,13H2,1H3,(H,28,29). The Bertz CT molecular complexity index is 1120. The number of amides is 1. The Balaban J connectivity index is 1.53. The number of benzene rings is 1. The number of oxime groups is 1. The lowest BCUT2D eigenvalue weighted by molar-refractivity contribution is 0.121. The zero-order valence-electron chi connectivity index (χ0n) is 17.9. The van der Waals surface area contributed by atoms with E-state index in [1.54, 1.807) is 12.1 Å². The van der Waals surface area contributed by atoms with E-state index in [2.05, 4.69) is 15.1 Å². The molecule has 0 bridgehead atoms. The van der Waals surface area contributed by atoms with Crippen molar-refractivity contribution in [3.05, 3.63) is 42.0 Å². The van der Waals surface area contributed by atoms with Crippen molar-refractivity contribution in [3.63, 3.8) is 0 Å². The van der Waals surface area contributed by atoms with Crippen LogP contribution in [0.5, 0.6) is 0 Å². The maximum atomic E-state index is 14.4. The molecule has 2 heterocycles. The quantitative estimate of drug-likeness (QED) is 0.425. The van der Waals surface area contributed by atoms with E-state index < -0.39 is 28.5 Å². The SMILES string of the molecule is CS(=O)(=O)N(CCON=C1CCN(c2ncc(-c3cccc(CO)c3F)cn2)CC1)C(=O)O. The molecule has 178 valence electrons. The summed E-state index contributed by atoms with van der Waals surface area (Å²) in [7, 11) is -3.88. The smallest absolute Gasteiger partial charge is 0.421 e. The first-order valence-electron chi connectivity index (χ1n) is 10.0.